The molecule has 4 atom stereocenters. The number of nitrogens with zero attached hydrogens (tertiary/aromatic N) is 4. The van der Waals surface area contributed by atoms with Crippen LogP contribution in [0.3, 0.4) is 0 Å². The van der Waals surface area contributed by atoms with Gasteiger partial charge in [-0.25, -0.2) is 0 Å². The molecule has 0 radical (unpaired) electrons. The Balaban J connectivity index is 0.982. The predicted molar refractivity (Wildman–Crippen MR) is 348 cm³/mol. The largest absolute Gasteiger partial charge is 0.307 e. The lowest BCUT2D eigenvalue weighted by atomic mass is 9.95. The molecule has 6 heterocycles. The number of hydrogen-bond donors (Lipinski definition) is 0. The number of thiophene rings is 2. The van der Waals surface area contributed by atoms with E-state index in [0.29, 0.717) is 72.1 Å². The molecule has 8 nitrogen and oxygen atoms in total. The van der Waals surface area contributed by atoms with Crippen molar-refractivity contribution in [2.75, 3.05) is 45.8 Å². The second-order valence-electron chi connectivity index (χ2n) is 23.7. The highest BCUT2D eigenvalue weighted by molar-refractivity contribution is 7.25. The van der Waals surface area contributed by atoms with E-state index in [9.17, 15) is 9.59 Å². The molecule has 2 aromatic heterocycles. The van der Waals surface area contributed by atoms with Crippen molar-refractivity contribution in [1.29, 1.82) is 0 Å². The number of rotatable bonds is 27. The van der Waals surface area contributed by atoms with Gasteiger partial charge < -0.3 is 19.6 Å². The Morgan fingerprint density at radius 2 is 0.610 bits per heavy atom. The summed E-state index contributed by atoms with van der Waals surface area (Å²) in [7, 11) is 0. The number of fused-ring (bicyclic) bond motifs is 4. The van der Waals surface area contributed by atoms with Crippen LogP contribution in [0, 0.1) is 23.7 Å². The van der Waals surface area contributed by atoms with Crippen LogP contribution >= 0.6 is 22.7 Å². The zero-order valence-electron chi connectivity index (χ0n) is 50.1. The summed E-state index contributed by atoms with van der Waals surface area (Å²) in [5.74, 6) is 1.16. The number of carbonyl (C=O) groups is 4. The van der Waals surface area contributed by atoms with E-state index in [1.807, 2.05) is 68.1 Å². The molecular formula is C72H86N4O4S2. The fraction of sp³-hybridized carbons (Fsp3) is 0.444. The molecule has 0 saturated heterocycles. The van der Waals surface area contributed by atoms with Crippen LogP contribution in [0.4, 0.5) is 22.7 Å². The second-order valence-corrected chi connectivity index (χ2v) is 25.8. The lowest BCUT2D eigenvalue weighted by Gasteiger charge is -2.24. The Morgan fingerprint density at radius 1 is 0.329 bits per heavy atom. The first-order chi connectivity index (χ1) is 40.0. The summed E-state index contributed by atoms with van der Waals surface area (Å²) >= 11 is 3.50. The minimum Gasteiger partial charge on any atom is -0.307 e. The topological polar surface area (TPSA) is 81.2 Å². The minimum atomic E-state index is -0.0750. The first kappa shape index (κ1) is 58.8. The van der Waals surface area contributed by atoms with Gasteiger partial charge in [-0.2, -0.15) is 0 Å². The Bertz CT molecular complexity index is 3160. The van der Waals surface area contributed by atoms with Crippen molar-refractivity contribution in [3.63, 3.8) is 0 Å². The molecule has 0 aliphatic carbocycles. The molecular weight excluding hydrogens is 1050 g/mol. The van der Waals surface area contributed by atoms with Gasteiger partial charge in [-0.05, 0) is 109 Å². The zero-order valence-corrected chi connectivity index (χ0v) is 51.7. The van der Waals surface area contributed by atoms with Crippen LogP contribution in [0.1, 0.15) is 180 Å². The van der Waals surface area contributed by atoms with Crippen LogP contribution in [0.5, 0.6) is 0 Å². The van der Waals surface area contributed by atoms with Crippen LogP contribution in [0.15, 0.2) is 109 Å². The standard InChI is InChI=1S/C72H86N4O4S2/c1-9-17-25-47(13-5)43-73-57-31-23-21-29-53(57)65(69(73)77)67-55-35-33-51(41-59(55)75(71(67)79)45-49(15-7)27-19-11-3)61-37-39-63(81-61)64-40-38-62(82-64)52-34-36-56-60(42-52)76(46-50(16-8)28-20-12-4)72(80)68(56)66-54-30-22-24-32-58(54)74(70(66)78)44-48(14-6)26-18-10-2/h21-24,29-42,47-50H,9-20,25-28,43-46H2,1-8H3/b67-65-,68-66+. The molecule has 0 saturated carbocycles. The molecule has 0 bridgehead atoms. The summed E-state index contributed by atoms with van der Waals surface area (Å²) in [6.45, 7) is 20.3. The molecule has 6 aromatic rings. The smallest absolute Gasteiger partial charge is 0.259 e. The van der Waals surface area contributed by atoms with Gasteiger partial charge in [0.1, 0.15) is 0 Å². The van der Waals surface area contributed by atoms with E-state index in [1.165, 1.54) is 0 Å². The van der Waals surface area contributed by atoms with Gasteiger partial charge in [-0.15, -0.1) is 22.7 Å². The van der Waals surface area contributed by atoms with Crippen LogP contribution in [0.25, 0.3) is 52.9 Å². The molecule has 10 heteroatoms. The lowest BCUT2D eigenvalue weighted by molar-refractivity contribution is -0.114. The Labute approximate surface area is 497 Å². The van der Waals surface area contributed by atoms with E-state index in [2.05, 4.69) is 116 Å². The van der Waals surface area contributed by atoms with Gasteiger partial charge in [0.05, 0.1) is 45.0 Å². The quantitative estimate of drug-likeness (QED) is 0.0481. The number of benzene rings is 4. The molecule has 4 aromatic carbocycles. The van der Waals surface area contributed by atoms with Gasteiger partial charge in [0.25, 0.3) is 23.6 Å². The number of para-hydroxylation sites is 2. The summed E-state index contributed by atoms with van der Waals surface area (Å²) in [5, 5.41) is 0. The molecule has 430 valence electrons. The SMILES string of the molecule is CCCCC(CC)CN1C(=O)/C(=C2\C(=O)N(CC(CC)CCCC)c3cc(-c4ccc(-c5ccc(-c6ccc7c(c6)N(CC(CC)CCCC)C(=O)/C7=C6/C(=O)N(CC(CC)CCCC)c7ccccc76)s5)s4)ccc32)c2ccccc21. The normalized spacial score (nSPS) is 18.0. The van der Waals surface area contributed by atoms with E-state index < -0.39 is 0 Å². The first-order valence-electron chi connectivity index (χ1n) is 31.4. The number of hydrogen-bond acceptors (Lipinski definition) is 6. The van der Waals surface area contributed by atoms with Crippen LogP contribution in [0.2, 0.25) is 0 Å². The van der Waals surface area contributed by atoms with Crippen molar-refractivity contribution in [3.8, 4) is 30.6 Å². The highest BCUT2D eigenvalue weighted by atomic mass is 32.1. The molecule has 10 rings (SSSR count). The van der Waals surface area contributed by atoms with Crippen molar-refractivity contribution in [1.82, 2.24) is 0 Å². The monoisotopic (exact) mass is 1130 g/mol. The number of unbranched alkanes of at least 4 members (excludes halogenated alkanes) is 4. The van der Waals surface area contributed by atoms with Gasteiger partial charge in [0.15, 0.2) is 0 Å². The summed E-state index contributed by atoms with van der Waals surface area (Å²) in [6, 6.07) is 37.8. The summed E-state index contributed by atoms with van der Waals surface area (Å²) in [5.41, 5.74) is 11.2. The Kier molecular flexibility index (Phi) is 19.0. The van der Waals surface area contributed by atoms with Crippen LogP contribution < -0.4 is 19.6 Å². The highest BCUT2D eigenvalue weighted by Gasteiger charge is 2.45. The third-order valence-corrected chi connectivity index (χ3v) is 20.8. The van der Waals surface area contributed by atoms with Crippen molar-refractivity contribution in [2.24, 2.45) is 23.7 Å². The van der Waals surface area contributed by atoms with Crippen molar-refractivity contribution in [3.05, 3.63) is 131 Å². The van der Waals surface area contributed by atoms with Crippen LogP contribution in [-0.4, -0.2) is 49.8 Å². The maximum absolute atomic E-state index is 15.2. The van der Waals surface area contributed by atoms with E-state index >= 15 is 9.59 Å². The molecule has 4 amide bonds. The molecule has 4 aliphatic rings. The maximum atomic E-state index is 15.2. The lowest BCUT2D eigenvalue weighted by Crippen LogP contribution is -2.34. The number of amides is 4. The number of carbonyl (C=O) groups excluding carboxylic acids is 4. The summed E-state index contributed by atoms with van der Waals surface area (Å²) < 4.78 is 0. The van der Waals surface area contributed by atoms with Gasteiger partial charge in [0.2, 0.25) is 0 Å². The van der Waals surface area contributed by atoms with E-state index in [-0.39, 0.29) is 23.6 Å². The molecule has 82 heavy (non-hydrogen) atoms. The Hall–Kier alpha value is -6.36. The summed E-state index contributed by atoms with van der Waals surface area (Å²) in [4.78, 5) is 72.6. The van der Waals surface area contributed by atoms with Gasteiger partial charge >= 0.3 is 0 Å². The molecule has 4 aliphatic heterocycles. The van der Waals surface area contributed by atoms with Gasteiger partial charge in [0, 0.05) is 67.9 Å². The maximum Gasteiger partial charge on any atom is 0.259 e. The highest BCUT2D eigenvalue weighted by Crippen LogP contribution is 2.52. The minimum absolute atomic E-state index is 0.0652. The van der Waals surface area contributed by atoms with Crippen molar-refractivity contribution < 1.29 is 19.2 Å². The average Bonchev–Trinajstić information content (AvgIpc) is 4.56. The fourth-order valence-corrected chi connectivity index (χ4v) is 15.3. The predicted octanol–water partition coefficient (Wildman–Crippen LogP) is 18.9. The first-order valence-corrected chi connectivity index (χ1v) is 33.1. The Morgan fingerprint density at radius 3 is 0.915 bits per heavy atom. The summed E-state index contributed by atoms with van der Waals surface area (Å²) in [6.07, 6.45) is 17.1. The second kappa shape index (κ2) is 26.5. The van der Waals surface area contributed by atoms with Crippen LogP contribution in [-0.2, 0) is 19.2 Å². The van der Waals surface area contributed by atoms with Gasteiger partial charge in [-0.1, -0.05) is 193 Å². The molecule has 4 unspecified atom stereocenters. The van der Waals surface area contributed by atoms with Crippen molar-refractivity contribution in [2.45, 2.75) is 158 Å². The fourth-order valence-electron chi connectivity index (χ4n) is 13.2. The third-order valence-electron chi connectivity index (χ3n) is 18.3. The third kappa shape index (κ3) is 11.5. The average molecular weight is 1140 g/mol. The number of anilines is 4. The van der Waals surface area contributed by atoms with E-state index in [4.69, 9.17) is 0 Å². The van der Waals surface area contributed by atoms with E-state index in [1.54, 1.807) is 22.7 Å². The zero-order chi connectivity index (χ0) is 57.6. The van der Waals surface area contributed by atoms with E-state index in [0.717, 1.165) is 178 Å². The molecule has 0 N–H and O–H groups in total. The van der Waals surface area contributed by atoms with Gasteiger partial charge in [-0.3, -0.25) is 19.2 Å². The van der Waals surface area contributed by atoms with Crippen molar-refractivity contribution >= 4 is 91.3 Å². The molecule has 0 spiro atoms. The molecule has 0 fully saturated rings.